The smallest absolute Gasteiger partial charge is 0.0234 e. The number of thioether (sulfide) groups is 1. The minimum Gasteiger partial charge on any atom is -0.315 e. The summed E-state index contributed by atoms with van der Waals surface area (Å²) in [7, 11) is 2.10. The van der Waals surface area contributed by atoms with Gasteiger partial charge in [0.1, 0.15) is 0 Å². The van der Waals surface area contributed by atoms with E-state index in [9.17, 15) is 0 Å². The zero-order chi connectivity index (χ0) is 9.19. The van der Waals surface area contributed by atoms with Crippen LogP contribution in [0.1, 0.15) is 33.6 Å². The van der Waals surface area contributed by atoms with Crippen LogP contribution in [-0.2, 0) is 0 Å². The average Bonchev–Trinajstić information content (AvgIpc) is 2.27. The lowest BCUT2D eigenvalue weighted by atomic mass is 9.87. The van der Waals surface area contributed by atoms with Gasteiger partial charge in [0, 0.05) is 11.3 Å². The summed E-state index contributed by atoms with van der Waals surface area (Å²) in [6.45, 7) is 7.01. The van der Waals surface area contributed by atoms with Crippen molar-refractivity contribution in [1.82, 2.24) is 5.32 Å². The highest BCUT2D eigenvalue weighted by atomic mass is 32.2. The Balaban J connectivity index is 2.56. The molecule has 1 rings (SSSR count). The number of hydrogen-bond acceptors (Lipinski definition) is 2. The Bertz CT molecular complexity index is 145. The molecule has 0 amide bonds. The maximum Gasteiger partial charge on any atom is 0.0234 e. The Hall–Kier alpha value is 0.310. The largest absolute Gasteiger partial charge is 0.315 e. The quantitative estimate of drug-likeness (QED) is 0.728. The average molecular weight is 187 g/mol. The summed E-state index contributed by atoms with van der Waals surface area (Å²) in [5, 5.41) is 4.31. The van der Waals surface area contributed by atoms with Gasteiger partial charge in [0.05, 0.1) is 0 Å². The fraction of sp³-hybridized carbons (Fsp3) is 1.00. The van der Waals surface area contributed by atoms with Crippen molar-refractivity contribution >= 4 is 11.8 Å². The van der Waals surface area contributed by atoms with Crippen molar-refractivity contribution in [2.45, 2.75) is 44.9 Å². The Labute approximate surface area is 80.7 Å². The monoisotopic (exact) mass is 187 g/mol. The fourth-order valence-corrected chi connectivity index (χ4v) is 3.72. The first-order valence-electron chi connectivity index (χ1n) is 4.90. The topological polar surface area (TPSA) is 12.0 Å². The SMILES string of the molecule is CCSC1CCC(C)(C)C1NC. The zero-order valence-corrected chi connectivity index (χ0v) is 9.50. The molecule has 0 aromatic carbocycles. The van der Waals surface area contributed by atoms with Gasteiger partial charge >= 0.3 is 0 Å². The second-order valence-corrected chi connectivity index (χ2v) is 5.80. The van der Waals surface area contributed by atoms with Crippen molar-refractivity contribution in [3.63, 3.8) is 0 Å². The van der Waals surface area contributed by atoms with Gasteiger partial charge in [-0.1, -0.05) is 20.8 Å². The van der Waals surface area contributed by atoms with E-state index < -0.39 is 0 Å². The lowest BCUT2D eigenvalue weighted by molar-refractivity contribution is 0.300. The molecular weight excluding hydrogens is 166 g/mol. The van der Waals surface area contributed by atoms with E-state index >= 15 is 0 Å². The predicted octanol–water partition coefficient (Wildman–Crippen LogP) is 2.52. The normalized spacial score (nSPS) is 34.0. The molecule has 2 heteroatoms. The van der Waals surface area contributed by atoms with E-state index in [2.05, 4.69) is 44.9 Å². The highest BCUT2D eigenvalue weighted by molar-refractivity contribution is 7.99. The molecule has 0 heterocycles. The van der Waals surface area contributed by atoms with Crippen LogP contribution in [-0.4, -0.2) is 24.1 Å². The van der Waals surface area contributed by atoms with Crippen molar-refractivity contribution in [3.8, 4) is 0 Å². The highest BCUT2D eigenvalue weighted by Gasteiger charge is 2.40. The third-order valence-corrected chi connectivity index (χ3v) is 4.25. The molecule has 2 atom stereocenters. The number of hydrogen-bond donors (Lipinski definition) is 1. The molecule has 0 aromatic rings. The van der Waals surface area contributed by atoms with E-state index in [0.29, 0.717) is 11.5 Å². The molecule has 1 aliphatic rings. The lowest BCUT2D eigenvalue weighted by Crippen LogP contribution is -2.41. The van der Waals surface area contributed by atoms with Crippen molar-refractivity contribution in [1.29, 1.82) is 0 Å². The number of nitrogens with one attached hydrogen (secondary N) is 1. The molecule has 0 bridgehead atoms. The Morgan fingerprint density at radius 1 is 1.50 bits per heavy atom. The summed E-state index contributed by atoms with van der Waals surface area (Å²) in [4.78, 5) is 0. The lowest BCUT2D eigenvalue weighted by Gasteiger charge is -2.29. The van der Waals surface area contributed by atoms with Gasteiger partial charge < -0.3 is 5.32 Å². The first kappa shape index (κ1) is 10.4. The minimum absolute atomic E-state index is 0.502. The maximum absolute atomic E-state index is 3.47. The van der Waals surface area contributed by atoms with E-state index in [1.54, 1.807) is 0 Å². The maximum atomic E-state index is 3.47. The molecule has 0 aliphatic heterocycles. The van der Waals surface area contributed by atoms with Crippen LogP contribution in [0.2, 0.25) is 0 Å². The molecule has 12 heavy (non-hydrogen) atoms. The van der Waals surface area contributed by atoms with E-state index in [0.717, 1.165) is 5.25 Å². The van der Waals surface area contributed by atoms with Gasteiger partial charge in [-0.3, -0.25) is 0 Å². The van der Waals surface area contributed by atoms with Gasteiger partial charge in [-0.25, -0.2) is 0 Å². The molecule has 1 aliphatic carbocycles. The Morgan fingerprint density at radius 2 is 2.17 bits per heavy atom. The van der Waals surface area contributed by atoms with Crippen molar-refractivity contribution in [3.05, 3.63) is 0 Å². The molecule has 1 N–H and O–H groups in total. The molecular formula is C10H21NS. The first-order valence-corrected chi connectivity index (χ1v) is 5.95. The number of rotatable bonds is 3. The predicted molar refractivity (Wildman–Crippen MR) is 57.8 cm³/mol. The van der Waals surface area contributed by atoms with Crippen LogP contribution in [0.5, 0.6) is 0 Å². The van der Waals surface area contributed by atoms with E-state index in [4.69, 9.17) is 0 Å². The van der Waals surface area contributed by atoms with Crippen LogP contribution in [0.15, 0.2) is 0 Å². The molecule has 1 saturated carbocycles. The highest BCUT2D eigenvalue weighted by Crippen LogP contribution is 2.42. The summed E-state index contributed by atoms with van der Waals surface area (Å²) in [5.41, 5.74) is 0.502. The molecule has 2 unspecified atom stereocenters. The Morgan fingerprint density at radius 3 is 2.67 bits per heavy atom. The third kappa shape index (κ3) is 1.97. The summed E-state index contributed by atoms with van der Waals surface area (Å²) in [5.74, 6) is 1.25. The summed E-state index contributed by atoms with van der Waals surface area (Å²) in [6, 6.07) is 0.711. The van der Waals surface area contributed by atoms with Crippen LogP contribution >= 0.6 is 11.8 Å². The summed E-state index contributed by atoms with van der Waals surface area (Å²) in [6.07, 6.45) is 2.76. The molecule has 0 aromatic heterocycles. The van der Waals surface area contributed by atoms with Crippen molar-refractivity contribution in [2.75, 3.05) is 12.8 Å². The van der Waals surface area contributed by atoms with Gasteiger partial charge in [-0.15, -0.1) is 0 Å². The molecule has 72 valence electrons. The molecule has 0 saturated heterocycles. The zero-order valence-electron chi connectivity index (χ0n) is 8.68. The third-order valence-electron chi connectivity index (χ3n) is 2.98. The standard InChI is InChI=1S/C10H21NS/c1-5-12-8-6-7-10(2,3)9(8)11-4/h8-9,11H,5-7H2,1-4H3. The van der Waals surface area contributed by atoms with Crippen LogP contribution in [0.4, 0.5) is 0 Å². The van der Waals surface area contributed by atoms with Crippen LogP contribution in [0.25, 0.3) is 0 Å². The van der Waals surface area contributed by atoms with Gasteiger partial charge in [0.15, 0.2) is 0 Å². The van der Waals surface area contributed by atoms with Gasteiger partial charge in [-0.2, -0.15) is 11.8 Å². The van der Waals surface area contributed by atoms with Crippen molar-refractivity contribution < 1.29 is 0 Å². The van der Waals surface area contributed by atoms with Crippen LogP contribution < -0.4 is 5.32 Å². The van der Waals surface area contributed by atoms with Crippen molar-refractivity contribution in [2.24, 2.45) is 5.41 Å². The molecule has 1 fully saturated rings. The van der Waals surface area contributed by atoms with E-state index in [1.807, 2.05) is 0 Å². The molecule has 0 radical (unpaired) electrons. The van der Waals surface area contributed by atoms with Gasteiger partial charge in [-0.05, 0) is 31.1 Å². The van der Waals surface area contributed by atoms with Gasteiger partial charge in [0.2, 0.25) is 0 Å². The van der Waals surface area contributed by atoms with E-state index in [-0.39, 0.29) is 0 Å². The summed E-state index contributed by atoms with van der Waals surface area (Å²) < 4.78 is 0. The Kier molecular flexibility index (Phi) is 3.47. The van der Waals surface area contributed by atoms with E-state index in [1.165, 1.54) is 18.6 Å². The van der Waals surface area contributed by atoms with Gasteiger partial charge in [0.25, 0.3) is 0 Å². The van der Waals surface area contributed by atoms with Crippen LogP contribution in [0.3, 0.4) is 0 Å². The van der Waals surface area contributed by atoms with Crippen LogP contribution in [0, 0.1) is 5.41 Å². The second-order valence-electron chi connectivity index (χ2n) is 4.29. The first-order chi connectivity index (χ1) is 5.61. The summed E-state index contributed by atoms with van der Waals surface area (Å²) >= 11 is 2.11. The minimum atomic E-state index is 0.502. The second kappa shape index (κ2) is 4.01. The fourth-order valence-electron chi connectivity index (χ4n) is 2.31. The molecule has 1 nitrogen and oxygen atoms in total. The molecule has 0 spiro atoms.